The Hall–Kier alpha value is -3.18. The molecule has 196 valence electrons. The zero-order chi connectivity index (χ0) is 27.0. The molecular weight excluding hydrogens is 508 g/mol. The van der Waals surface area contributed by atoms with Crippen molar-refractivity contribution in [1.82, 2.24) is 10.2 Å². The minimum absolute atomic E-state index is 0.0291. The Morgan fingerprint density at radius 3 is 2.36 bits per heavy atom. The molecule has 0 aliphatic heterocycles. The van der Waals surface area contributed by atoms with Crippen molar-refractivity contribution in [3.8, 4) is 0 Å². The molecule has 0 aliphatic rings. The van der Waals surface area contributed by atoms with E-state index in [1.165, 1.54) is 23.1 Å². The number of rotatable bonds is 12. The molecule has 0 saturated heterocycles. The maximum atomic E-state index is 13.6. The van der Waals surface area contributed by atoms with Gasteiger partial charge in [0.25, 0.3) is 5.69 Å². The molecule has 0 bridgehead atoms. The number of nitrogens with one attached hydrogen (secondary N) is 1. The maximum absolute atomic E-state index is 13.6. The van der Waals surface area contributed by atoms with Gasteiger partial charge in [0.1, 0.15) is 12.6 Å². The number of hydrogen-bond acceptors (Lipinski definition) is 6. The first kappa shape index (κ1) is 29.1. The molecule has 2 aromatic carbocycles. The quantitative estimate of drug-likeness (QED) is 0.324. The number of anilines is 1. The summed E-state index contributed by atoms with van der Waals surface area (Å²) >= 11 is 6.32. The van der Waals surface area contributed by atoms with Crippen LogP contribution in [0.3, 0.4) is 0 Å². The van der Waals surface area contributed by atoms with Crippen molar-refractivity contribution in [1.29, 1.82) is 0 Å². The molecule has 1 unspecified atom stereocenters. The molecule has 36 heavy (non-hydrogen) atoms. The van der Waals surface area contributed by atoms with Crippen LogP contribution in [0, 0.1) is 16.0 Å². The van der Waals surface area contributed by atoms with Gasteiger partial charge in [-0.2, -0.15) is 0 Å². The summed E-state index contributed by atoms with van der Waals surface area (Å²) in [6, 6.07) is 11.0. The minimum Gasteiger partial charge on any atom is -0.354 e. The number of hydrogen-bond donors (Lipinski definition) is 1. The lowest BCUT2D eigenvalue weighted by Crippen LogP contribution is -2.52. The Kier molecular flexibility index (Phi) is 10.2. The van der Waals surface area contributed by atoms with Crippen molar-refractivity contribution in [3.63, 3.8) is 0 Å². The van der Waals surface area contributed by atoms with Crippen molar-refractivity contribution in [2.24, 2.45) is 5.92 Å². The molecule has 0 aliphatic carbocycles. The SMILES string of the molecule is CCC(C(=O)NCC(C)C)N(Cc1ccccc1Cl)C(=O)CN(c1cccc([N+](=O)[O-])c1)S(C)(=O)=O. The van der Waals surface area contributed by atoms with E-state index in [2.05, 4.69) is 5.32 Å². The van der Waals surface area contributed by atoms with Gasteiger partial charge in [-0.15, -0.1) is 0 Å². The third-order valence-corrected chi connectivity index (χ3v) is 6.89. The summed E-state index contributed by atoms with van der Waals surface area (Å²) in [4.78, 5) is 38.5. The Morgan fingerprint density at radius 1 is 1.14 bits per heavy atom. The van der Waals surface area contributed by atoms with Crippen LogP contribution in [0.5, 0.6) is 0 Å². The monoisotopic (exact) mass is 538 g/mol. The summed E-state index contributed by atoms with van der Waals surface area (Å²) in [5.74, 6) is -0.833. The highest BCUT2D eigenvalue weighted by molar-refractivity contribution is 7.92. The summed E-state index contributed by atoms with van der Waals surface area (Å²) < 4.78 is 26.0. The van der Waals surface area contributed by atoms with Crippen LogP contribution in [-0.2, 0) is 26.2 Å². The Balaban J connectivity index is 2.47. The second-order valence-corrected chi connectivity index (χ2v) is 11.0. The largest absolute Gasteiger partial charge is 0.354 e. The van der Waals surface area contributed by atoms with Crippen LogP contribution in [0.2, 0.25) is 5.02 Å². The molecule has 0 heterocycles. The standard InChI is InChI=1S/C24H31ClN4O6S/c1-5-22(24(31)26-14-17(2)3)27(15-18-9-6-7-12-21(18)25)23(30)16-28(36(4,34)35)19-10-8-11-20(13-19)29(32)33/h6-13,17,22H,5,14-16H2,1-4H3,(H,26,31). The van der Waals surface area contributed by atoms with Gasteiger partial charge in [-0.25, -0.2) is 8.42 Å². The molecule has 2 amide bonds. The smallest absolute Gasteiger partial charge is 0.271 e. The van der Waals surface area contributed by atoms with Gasteiger partial charge in [0, 0.05) is 30.2 Å². The predicted molar refractivity (Wildman–Crippen MR) is 139 cm³/mol. The maximum Gasteiger partial charge on any atom is 0.271 e. The van der Waals surface area contributed by atoms with Crippen molar-refractivity contribution in [2.45, 2.75) is 39.8 Å². The number of amides is 2. The number of nitro benzene ring substituents is 1. The minimum atomic E-state index is -4.01. The van der Waals surface area contributed by atoms with E-state index in [1.54, 1.807) is 31.2 Å². The molecule has 0 radical (unpaired) electrons. The second-order valence-electron chi connectivity index (χ2n) is 8.72. The number of nitro groups is 1. The van der Waals surface area contributed by atoms with Crippen molar-refractivity contribution >= 4 is 44.8 Å². The van der Waals surface area contributed by atoms with E-state index in [0.29, 0.717) is 17.1 Å². The van der Waals surface area contributed by atoms with Crippen LogP contribution in [0.4, 0.5) is 11.4 Å². The van der Waals surface area contributed by atoms with Gasteiger partial charge < -0.3 is 10.2 Å². The highest BCUT2D eigenvalue weighted by Gasteiger charge is 2.32. The number of halogens is 1. The molecule has 1 N–H and O–H groups in total. The summed E-state index contributed by atoms with van der Waals surface area (Å²) in [6.07, 6.45) is 1.18. The van der Waals surface area contributed by atoms with Crippen LogP contribution < -0.4 is 9.62 Å². The van der Waals surface area contributed by atoms with E-state index in [4.69, 9.17) is 11.6 Å². The topological polar surface area (TPSA) is 130 Å². The lowest BCUT2D eigenvalue weighted by molar-refractivity contribution is -0.384. The van der Waals surface area contributed by atoms with E-state index in [-0.39, 0.29) is 36.2 Å². The summed E-state index contributed by atoms with van der Waals surface area (Å²) in [6.45, 7) is 5.36. The van der Waals surface area contributed by atoms with Gasteiger partial charge in [0.05, 0.1) is 16.9 Å². The van der Waals surface area contributed by atoms with E-state index < -0.39 is 33.4 Å². The molecule has 12 heteroatoms. The van der Waals surface area contributed by atoms with Crippen LogP contribution >= 0.6 is 11.6 Å². The number of nitrogens with zero attached hydrogens (tertiary/aromatic N) is 3. The normalized spacial score (nSPS) is 12.2. The van der Waals surface area contributed by atoms with Gasteiger partial charge in [-0.3, -0.25) is 24.0 Å². The number of sulfonamides is 1. The Labute approximate surface area is 216 Å². The lowest BCUT2D eigenvalue weighted by atomic mass is 10.1. The Bertz CT molecular complexity index is 1200. The first-order valence-electron chi connectivity index (χ1n) is 11.4. The van der Waals surface area contributed by atoms with Gasteiger partial charge in [-0.05, 0) is 30.0 Å². The molecule has 0 saturated carbocycles. The first-order valence-corrected chi connectivity index (χ1v) is 13.6. The number of non-ortho nitro benzene ring substituents is 1. The average Bonchev–Trinajstić information content (AvgIpc) is 2.81. The fourth-order valence-corrected chi connectivity index (χ4v) is 4.56. The van der Waals surface area contributed by atoms with Gasteiger partial charge in [0.2, 0.25) is 21.8 Å². The molecule has 2 aromatic rings. The van der Waals surface area contributed by atoms with Crippen molar-refractivity contribution in [3.05, 3.63) is 69.2 Å². The summed E-state index contributed by atoms with van der Waals surface area (Å²) in [5, 5.41) is 14.4. The van der Waals surface area contributed by atoms with E-state index in [1.807, 2.05) is 13.8 Å². The number of benzene rings is 2. The lowest BCUT2D eigenvalue weighted by Gasteiger charge is -2.33. The third kappa shape index (κ3) is 7.92. The second kappa shape index (κ2) is 12.7. The fourth-order valence-electron chi connectivity index (χ4n) is 3.53. The number of carbonyl (C=O) groups is 2. The van der Waals surface area contributed by atoms with E-state index in [9.17, 15) is 28.1 Å². The molecule has 1 atom stereocenters. The highest BCUT2D eigenvalue weighted by atomic mass is 35.5. The molecule has 0 fully saturated rings. The van der Waals surface area contributed by atoms with Crippen molar-refractivity contribution in [2.75, 3.05) is 23.7 Å². The first-order chi connectivity index (χ1) is 16.8. The van der Waals surface area contributed by atoms with Crippen LogP contribution in [0.15, 0.2) is 48.5 Å². The number of carbonyl (C=O) groups excluding carboxylic acids is 2. The molecule has 10 nitrogen and oxygen atoms in total. The molecule has 2 rings (SSSR count). The molecular formula is C24H31ClN4O6S. The van der Waals surface area contributed by atoms with Crippen molar-refractivity contribution < 1.29 is 22.9 Å². The zero-order valence-corrected chi connectivity index (χ0v) is 22.3. The van der Waals surface area contributed by atoms with Crippen LogP contribution in [0.1, 0.15) is 32.8 Å². The van der Waals surface area contributed by atoms with Gasteiger partial charge in [0.15, 0.2) is 0 Å². The summed E-state index contributed by atoms with van der Waals surface area (Å²) in [5.41, 5.74) is 0.236. The average molecular weight is 539 g/mol. The predicted octanol–water partition coefficient (Wildman–Crippen LogP) is 3.59. The molecule has 0 aromatic heterocycles. The highest BCUT2D eigenvalue weighted by Crippen LogP contribution is 2.25. The van der Waals surface area contributed by atoms with Gasteiger partial charge >= 0.3 is 0 Å². The van der Waals surface area contributed by atoms with E-state index >= 15 is 0 Å². The van der Waals surface area contributed by atoms with Gasteiger partial charge in [-0.1, -0.05) is 56.6 Å². The van der Waals surface area contributed by atoms with E-state index in [0.717, 1.165) is 16.6 Å². The summed E-state index contributed by atoms with van der Waals surface area (Å²) in [7, 11) is -4.01. The third-order valence-electron chi connectivity index (χ3n) is 5.38. The van der Waals surface area contributed by atoms with Crippen LogP contribution in [-0.4, -0.2) is 55.4 Å². The Morgan fingerprint density at radius 2 is 1.81 bits per heavy atom. The molecule has 0 spiro atoms. The fraction of sp³-hybridized carbons (Fsp3) is 0.417. The zero-order valence-electron chi connectivity index (χ0n) is 20.7. The van der Waals surface area contributed by atoms with Crippen LogP contribution in [0.25, 0.3) is 0 Å².